The highest BCUT2D eigenvalue weighted by Crippen LogP contribution is 2.44. The van der Waals surface area contributed by atoms with Crippen molar-refractivity contribution in [2.75, 3.05) is 7.11 Å². The zero-order valence-electron chi connectivity index (χ0n) is 13.3. The molecule has 0 amide bonds. The molecule has 0 bridgehead atoms. The lowest BCUT2D eigenvalue weighted by Crippen LogP contribution is -2.26. The molecule has 2 nitrogen and oxygen atoms in total. The molecule has 116 valence electrons. The quantitative estimate of drug-likeness (QED) is 0.686. The Morgan fingerprint density at radius 1 is 0.739 bits per heavy atom. The van der Waals surface area contributed by atoms with E-state index in [1.807, 2.05) is 85.8 Å². The van der Waals surface area contributed by atoms with E-state index in [-0.39, 0.29) is 0 Å². The third kappa shape index (κ3) is 2.83. The molecule has 0 aliphatic rings. The average molecular weight is 322 g/mol. The van der Waals surface area contributed by atoms with Gasteiger partial charge < -0.3 is 9.30 Å². The number of aryl methyl sites for hydroxylation is 1. The minimum absolute atomic E-state index is 0.653. The van der Waals surface area contributed by atoms with Gasteiger partial charge in [-0.15, -0.1) is 0 Å². The van der Waals surface area contributed by atoms with Crippen molar-refractivity contribution >= 4 is 23.1 Å². The van der Waals surface area contributed by atoms with E-state index >= 15 is 0 Å². The molecule has 3 aromatic rings. The van der Waals surface area contributed by atoms with E-state index < -0.39 is 7.14 Å². The van der Waals surface area contributed by atoms with E-state index in [1.165, 1.54) is 0 Å². The smallest absolute Gasteiger partial charge is 0.174 e. The van der Waals surface area contributed by atoms with Crippen LogP contribution in [0, 0.1) is 6.92 Å². The molecular weight excluding hydrogens is 303 g/mol. The van der Waals surface area contributed by atoms with Gasteiger partial charge in [-0.25, -0.2) is 0 Å². The van der Waals surface area contributed by atoms with E-state index in [2.05, 4.69) is 0 Å². The number of methoxy groups -OCH3 is 1. The molecule has 0 saturated heterocycles. The number of rotatable bonds is 4. The van der Waals surface area contributed by atoms with Gasteiger partial charge in [0.1, 0.15) is 5.75 Å². The summed E-state index contributed by atoms with van der Waals surface area (Å²) < 4.78 is 19.7. The van der Waals surface area contributed by atoms with Crippen LogP contribution in [0.25, 0.3) is 0 Å². The van der Waals surface area contributed by atoms with Gasteiger partial charge in [0, 0.05) is 10.6 Å². The zero-order valence-corrected chi connectivity index (χ0v) is 14.2. The molecule has 1 unspecified atom stereocenters. The highest BCUT2D eigenvalue weighted by Gasteiger charge is 2.32. The average Bonchev–Trinajstić information content (AvgIpc) is 2.62. The van der Waals surface area contributed by atoms with Crippen molar-refractivity contribution in [3.63, 3.8) is 0 Å². The van der Waals surface area contributed by atoms with Gasteiger partial charge in [-0.05, 0) is 19.1 Å². The number of hydrogen-bond donors (Lipinski definition) is 0. The van der Waals surface area contributed by atoms with Crippen molar-refractivity contribution in [2.45, 2.75) is 6.92 Å². The number of ether oxygens (including phenoxy) is 1. The largest absolute Gasteiger partial charge is 0.496 e. The molecule has 3 aromatic carbocycles. The standard InChI is InChI=1S/C20H19O2P/c1-16-12-14-18(15-13-16)23(21,17-8-4-3-5-9-17)20-11-7-6-10-19(20)22-2/h3-15H,1-2H3. The molecule has 0 heterocycles. The van der Waals surface area contributed by atoms with E-state index in [1.54, 1.807) is 7.11 Å². The van der Waals surface area contributed by atoms with Crippen LogP contribution in [0.5, 0.6) is 5.75 Å². The van der Waals surface area contributed by atoms with Gasteiger partial charge in [0.25, 0.3) is 0 Å². The van der Waals surface area contributed by atoms with Crippen LogP contribution >= 0.6 is 7.14 Å². The van der Waals surface area contributed by atoms with E-state index in [4.69, 9.17) is 4.74 Å². The van der Waals surface area contributed by atoms with Crippen molar-refractivity contribution in [3.05, 3.63) is 84.4 Å². The van der Waals surface area contributed by atoms with Crippen molar-refractivity contribution in [3.8, 4) is 5.75 Å². The van der Waals surface area contributed by atoms with Crippen LogP contribution in [0.15, 0.2) is 78.9 Å². The van der Waals surface area contributed by atoms with Gasteiger partial charge in [-0.2, -0.15) is 0 Å². The monoisotopic (exact) mass is 322 g/mol. The molecule has 0 fully saturated rings. The molecule has 23 heavy (non-hydrogen) atoms. The molecule has 0 saturated carbocycles. The lowest BCUT2D eigenvalue weighted by Gasteiger charge is -2.22. The molecule has 0 aliphatic heterocycles. The minimum atomic E-state index is -2.98. The van der Waals surface area contributed by atoms with Crippen LogP contribution in [0.4, 0.5) is 0 Å². The van der Waals surface area contributed by atoms with Crippen molar-refractivity contribution in [1.29, 1.82) is 0 Å². The molecule has 0 spiro atoms. The predicted octanol–water partition coefficient (Wildman–Crippen LogP) is 3.64. The summed E-state index contributed by atoms with van der Waals surface area (Å²) in [7, 11) is -1.36. The molecule has 0 N–H and O–H groups in total. The summed E-state index contributed by atoms with van der Waals surface area (Å²) in [6, 6.07) is 25.1. The minimum Gasteiger partial charge on any atom is -0.496 e. The van der Waals surface area contributed by atoms with Crippen LogP contribution < -0.4 is 20.7 Å². The Morgan fingerprint density at radius 3 is 1.96 bits per heavy atom. The Bertz CT molecular complexity index is 839. The topological polar surface area (TPSA) is 26.3 Å². The molecule has 0 aromatic heterocycles. The van der Waals surface area contributed by atoms with Gasteiger partial charge in [-0.3, -0.25) is 0 Å². The second kappa shape index (κ2) is 6.44. The first-order chi connectivity index (χ1) is 11.2. The van der Waals surface area contributed by atoms with Crippen LogP contribution in [0.1, 0.15) is 5.56 Å². The zero-order chi connectivity index (χ0) is 16.3. The lowest BCUT2D eigenvalue weighted by molar-refractivity contribution is 0.418. The SMILES string of the molecule is COc1ccccc1P(=O)(c1ccccc1)c1ccc(C)cc1. The van der Waals surface area contributed by atoms with Gasteiger partial charge >= 0.3 is 0 Å². The summed E-state index contributed by atoms with van der Waals surface area (Å²) in [6.07, 6.45) is 0. The maximum atomic E-state index is 14.2. The Balaban J connectivity index is 2.31. The maximum absolute atomic E-state index is 14.2. The van der Waals surface area contributed by atoms with Crippen LogP contribution in [-0.2, 0) is 4.57 Å². The van der Waals surface area contributed by atoms with Crippen molar-refractivity contribution in [2.24, 2.45) is 0 Å². The van der Waals surface area contributed by atoms with E-state index in [0.29, 0.717) is 5.75 Å². The van der Waals surface area contributed by atoms with Crippen LogP contribution in [-0.4, -0.2) is 7.11 Å². The van der Waals surface area contributed by atoms with Gasteiger partial charge in [0.2, 0.25) is 0 Å². The fourth-order valence-electron chi connectivity index (χ4n) is 2.71. The van der Waals surface area contributed by atoms with Gasteiger partial charge in [0.05, 0.1) is 12.4 Å². The number of hydrogen-bond acceptors (Lipinski definition) is 2. The molecule has 3 rings (SSSR count). The van der Waals surface area contributed by atoms with Crippen LogP contribution in [0.3, 0.4) is 0 Å². The predicted molar refractivity (Wildman–Crippen MR) is 97.1 cm³/mol. The molecular formula is C20H19O2P. The highest BCUT2D eigenvalue weighted by molar-refractivity contribution is 7.85. The first-order valence-electron chi connectivity index (χ1n) is 7.53. The summed E-state index contributed by atoms with van der Waals surface area (Å²) >= 11 is 0. The summed E-state index contributed by atoms with van der Waals surface area (Å²) in [4.78, 5) is 0. The summed E-state index contributed by atoms with van der Waals surface area (Å²) in [5, 5.41) is 2.37. The Morgan fingerprint density at radius 2 is 1.30 bits per heavy atom. The fourth-order valence-corrected chi connectivity index (χ4v) is 5.50. The maximum Gasteiger partial charge on any atom is 0.174 e. The Hall–Kier alpha value is -2.31. The summed E-state index contributed by atoms with van der Waals surface area (Å²) in [5.74, 6) is 0.653. The van der Waals surface area contributed by atoms with Gasteiger partial charge in [-0.1, -0.05) is 72.3 Å². The number of para-hydroxylation sites is 1. The normalized spacial score (nSPS) is 13.3. The second-order valence-corrected chi connectivity index (χ2v) is 8.19. The first-order valence-corrected chi connectivity index (χ1v) is 9.23. The molecule has 0 radical (unpaired) electrons. The Kier molecular flexibility index (Phi) is 4.36. The lowest BCUT2D eigenvalue weighted by atomic mass is 10.2. The summed E-state index contributed by atoms with van der Waals surface area (Å²) in [5.41, 5.74) is 1.15. The first kappa shape index (κ1) is 15.6. The molecule has 0 aliphatic carbocycles. The number of benzene rings is 3. The third-order valence-electron chi connectivity index (χ3n) is 3.94. The van der Waals surface area contributed by atoms with Crippen LogP contribution in [0.2, 0.25) is 0 Å². The summed E-state index contributed by atoms with van der Waals surface area (Å²) in [6.45, 7) is 2.03. The Labute approximate surface area is 137 Å². The fraction of sp³-hybridized carbons (Fsp3) is 0.100. The van der Waals surface area contributed by atoms with E-state index in [0.717, 1.165) is 21.5 Å². The second-order valence-electron chi connectivity index (χ2n) is 5.45. The molecule has 1 atom stereocenters. The van der Waals surface area contributed by atoms with E-state index in [9.17, 15) is 4.57 Å². The van der Waals surface area contributed by atoms with Crippen molar-refractivity contribution < 1.29 is 9.30 Å². The molecule has 3 heteroatoms. The van der Waals surface area contributed by atoms with Gasteiger partial charge in [0.15, 0.2) is 7.14 Å². The highest BCUT2D eigenvalue weighted by atomic mass is 31.2. The third-order valence-corrected chi connectivity index (χ3v) is 7.04. The van der Waals surface area contributed by atoms with Crippen molar-refractivity contribution in [1.82, 2.24) is 0 Å².